The molecule has 0 saturated heterocycles. The predicted octanol–water partition coefficient (Wildman–Crippen LogP) is 3.94. The van der Waals surface area contributed by atoms with Crippen LogP contribution in [0.1, 0.15) is 44.1 Å². The van der Waals surface area contributed by atoms with Gasteiger partial charge < -0.3 is 9.88 Å². The highest BCUT2D eigenvalue weighted by atomic mass is 19.1. The molecule has 1 aliphatic carbocycles. The standard InChI is InChI=1S/C20H23FN2O2/c21-17-9-4-3-8-16(17)14-23-13-5-10-18(20(23)25)22-19(24)12-11-15-6-1-2-7-15/h3-5,8-10,13,15H,1-2,6-7,11-12,14H2,(H,22,24). The molecule has 1 aromatic carbocycles. The first-order valence-corrected chi connectivity index (χ1v) is 8.86. The Balaban J connectivity index is 1.65. The Labute approximate surface area is 146 Å². The monoisotopic (exact) mass is 342 g/mol. The summed E-state index contributed by atoms with van der Waals surface area (Å²) in [7, 11) is 0. The molecule has 1 amide bonds. The Bertz CT molecular complexity index is 794. The second-order valence-electron chi connectivity index (χ2n) is 6.68. The number of aromatic nitrogens is 1. The number of nitrogens with zero attached hydrogens (tertiary/aromatic N) is 1. The summed E-state index contributed by atoms with van der Waals surface area (Å²) in [5.41, 5.74) is 0.365. The number of benzene rings is 1. The molecular weight excluding hydrogens is 319 g/mol. The van der Waals surface area contributed by atoms with Gasteiger partial charge in [-0.25, -0.2) is 4.39 Å². The molecule has 25 heavy (non-hydrogen) atoms. The molecule has 0 bridgehead atoms. The maximum atomic E-state index is 13.8. The number of halogens is 1. The van der Waals surface area contributed by atoms with Gasteiger partial charge in [-0.2, -0.15) is 0 Å². The first-order valence-electron chi connectivity index (χ1n) is 8.86. The zero-order valence-corrected chi connectivity index (χ0v) is 14.2. The zero-order chi connectivity index (χ0) is 17.6. The maximum absolute atomic E-state index is 13.8. The molecular formula is C20H23FN2O2. The van der Waals surface area contributed by atoms with Crippen molar-refractivity contribution < 1.29 is 9.18 Å². The lowest BCUT2D eigenvalue weighted by molar-refractivity contribution is -0.116. The lowest BCUT2D eigenvalue weighted by atomic mass is 10.0. The minimum absolute atomic E-state index is 0.132. The number of carbonyl (C=O) groups excluding carboxylic acids is 1. The first-order chi connectivity index (χ1) is 12.1. The Morgan fingerprint density at radius 2 is 1.92 bits per heavy atom. The maximum Gasteiger partial charge on any atom is 0.274 e. The van der Waals surface area contributed by atoms with Crippen LogP contribution in [0.4, 0.5) is 10.1 Å². The van der Waals surface area contributed by atoms with Crippen LogP contribution < -0.4 is 10.9 Å². The molecule has 0 unspecified atom stereocenters. The molecule has 2 aromatic rings. The number of amides is 1. The number of carbonyl (C=O) groups is 1. The minimum atomic E-state index is -0.347. The van der Waals surface area contributed by atoms with Crippen LogP contribution in [0.5, 0.6) is 0 Å². The van der Waals surface area contributed by atoms with Crippen LogP contribution in [0.15, 0.2) is 47.4 Å². The van der Waals surface area contributed by atoms with Crippen molar-refractivity contribution in [2.24, 2.45) is 5.92 Å². The number of hydrogen-bond acceptors (Lipinski definition) is 2. The molecule has 0 atom stereocenters. The number of pyridine rings is 1. The topological polar surface area (TPSA) is 51.1 Å². The summed E-state index contributed by atoms with van der Waals surface area (Å²) in [4.78, 5) is 24.6. The molecule has 0 radical (unpaired) electrons. The number of nitrogens with one attached hydrogen (secondary N) is 1. The van der Waals surface area contributed by atoms with Gasteiger partial charge in [0, 0.05) is 18.2 Å². The smallest absolute Gasteiger partial charge is 0.274 e. The van der Waals surface area contributed by atoms with Crippen LogP contribution in [0.2, 0.25) is 0 Å². The van der Waals surface area contributed by atoms with Crippen LogP contribution in [-0.4, -0.2) is 10.5 Å². The summed E-state index contributed by atoms with van der Waals surface area (Å²) in [5, 5.41) is 2.71. The van der Waals surface area contributed by atoms with E-state index in [2.05, 4.69) is 5.32 Å². The van der Waals surface area contributed by atoms with Crippen molar-refractivity contribution in [1.29, 1.82) is 0 Å². The highest BCUT2D eigenvalue weighted by molar-refractivity contribution is 5.90. The Kier molecular flexibility index (Phi) is 5.64. The van der Waals surface area contributed by atoms with E-state index in [1.807, 2.05) is 0 Å². The van der Waals surface area contributed by atoms with E-state index in [1.54, 1.807) is 36.5 Å². The molecule has 1 aliphatic rings. The van der Waals surface area contributed by atoms with E-state index in [-0.39, 0.29) is 29.5 Å². The van der Waals surface area contributed by atoms with Gasteiger partial charge in [0.2, 0.25) is 5.91 Å². The van der Waals surface area contributed by atoms with Gasteiger partial charge in [-0.3, -0.25) is 9.59 Å². The molecule has 1 aromatic heterocycles. The van der Waals surface area contributed by atoms with E-state index < -0.39 is 0 Å². The van der Waals surface area contributed by atoms with Crippen molar-refractivity contribution in [2.45, 2.75) is 45.1 Å². The van der Waals surface area contributed by atoms with E-state index in [4.69, 9.17) is 0 Å². The van der Waals surface area contributed by atoms with Gasteiger partial charge in [-0.1, -0.05) is 43.9 Å². The third-order valence-corrected chi connectivity index (χ3v) is 4.85. The molecule has 1 heterocycles. The minimum Gasteiger partial charge on any atom is -0.321 e. The molecule has 0 aliphatic heterocycles. The normalized spacial score (nSPS) is 14.6. The quantitative estimate of drug-likeness (QED) is 0.864. The SMILES string of the molecule is O=C(CCC1CCCC1)Nc1cccn(Cc2ccccc2F)c1=O. The summed E-state index contributed by atoms with van der Waals surface area (Å²) in [6.07, 6.45) is 7.83. The molecule has 1 saturated carbocycles. The van der Waals surface area contributed by atoms with Crippen LogP contribution in [0.3, 0.4) is 0 Å². The van der Waals surface area contributed by atoms with Crippen molar-refractivity contribution in [1.82, 2.24) is 4.57 Å². The van der Waals surface area contributed by atoms with E-state index in [1.165, 1.54) is 36.3 Å². The van der Waals surface area contributed by atoms with E-state index in [0.29, 0.717) is 17.9 Å². The second-order valence-corrected chi connectivity index (χ2v) is 6.68. The lowest BCUT2D eigenvalue weighted by Gasteiger charge is -2.11. The van der Waals surface area contributed by atoms with E-state index >= 15 is 0 Å². The average Bonchev–Trinajstić information content (AvgIpc) is 3.12. The summed E-state index contributed by atoms with van der Waals surface area (Å²) in [5.74, 6) is 0.160. The Morgan fingerprint density at radius 1 is 1.16 bits per heavy atom. The van der Waals surface area contributed by atoms with E-state index in [0.717, 1.165) is 6.42 Å². The molecule has 0 spiro atoms. The lowest BCUT2D eigenvalue weighted by Crippen LogP contribution is -2.26. The summed E-state index contributed by atoms with van der Waals surface area (Å²) in [6.45, 7) is 0.136. The molecule has 1 fully saturated rings. The Morgan fingerprint density at radius 3 is 2.68 bits per heavy atom. The van der Waals surface area contributed by atoms with Gasteiger partial charge in [-0.15, -0.1) is 0 Å². The molecule has 1 N–H and O–H groups in total. The van der Waals surface area contributed by atoms with Gasteiger partial charge in [0.1, 0.15) is 11.5 Å². The van der Waals surface area contributed by atoms with Gasteiger partial charge in [0.15, 0.2) is 0 Å². The van der Waals surface area contributed by atoms with Crippen LogP contribution >= 0.6 is 0 Å². The van der Waals surface area contributed by atoms with Gasteiger partial charge in [0.25, 0.3) is 5.56 Å². The average molecular weight is 342 g/mol. The van der Waals surface area contributed by atoms with Crippen molar-refractivity contribution in [3.63, 3.8) is 0 Å². The van der Waals surface area contributed by atoms with Gasteiger partial charge in [-0.05, 0) is 30.5 Å². The van der Waals surface area contributed by atoms with Gasteiger partial charge in [0.05, 0.1) is 6.54 Å². The molecule has 132 valence electrons. The molecule has 3 rings (SSSR count). The van der Waals surface area contributed by atoms with Crippen LogP contribution in [-0.2, 0) is 11.3 Å². The Hall–Kier alpha value is -2.43. The van der Waals surface area contributed by atoms with Crippen molar-refractivity contribution in [3.05, 3.63) is 64.3 Å². The summed E-state index contributed by atoms with van der Waals surface area (Å²) >= 11 is 0. The van der Waals surface area contributed by atoms with Crippen LogP contribution in [0.25, 0.3) is 0 Å². The number of hydrogen-bond donors (Lipinski definition) is 1. The summed E-state index contributed by atoms with van der Waals surface area (Å²) < 4.78 is 15.2. The fourth-order valence-electron chi connectivity index (χ4n) is 3.41. The largest absolute Gasteiger partial charge is 0.321 e. The second kappa shape index (κ2) is 8.10. The molecule has 5 heteroatoms. The van der Waals surface area contributed by atoms with Crippen LogP contribution in [0, 0.1) is 11.7 Å². The fraction of sp³-hybridized carbons (Fsp3) is 0.400. The highest BCUT2D eigenvalue weighted by Gasteiger charge is 2.16. The third kappa shape index (κ3) is 4.56. The van der Waals surface area contributed by atoms with Crippen molar-refractivity contribution >= 4 is 11.6 Å². The predicted molar refractivity (Wildman–Crippen MR) is 96.0 cm³/mol. The first kappa shape index (κ1) is 17.4. The van der Waals surface area contributed by atoms with Crippen molar-refractivity contribution in [2.75, 3.05) is 5.32 Å². The van der Waals surface area contributed by atoms with Crippen molar-refractivity contribution in [3.8, 4) is 0 Å². The highest BCUT2D eigenvalue weighted by Crippen LogP contribution is 2.28. The number of anilines is 1. The fourth-order valence-corrected chi connectivity index (χ4v) is 3.41. The number of rotatable bonds is 6. The molecule has 4 nitrogen and oxygen atoms in total. The third-order valence-electron chi connectivity index (χ3n) is 4.85. The van der Waals surface area contributed by atoms with Gasteiger partial charge >= 0.3 is 0 Å². The van der Waals surface area contributed by atoms with E-state index in [9.17, 15) is 14.0 Å². The summed E-state index contributed by atoms with van der Waals surface area (Å²) in [6, 6.07) is 9.65. The zero-order valence-electron chi connectivity index (χ0n) is 14.2.